The van der Waals surface area contributed by atoms with Gasteiger partial charge in [0.25, 0.3) is 20.1 Å². The van der Waals surface area contributed by atoms with Crippen LogP contribution in [0.1, 0.15) is 0 Å². The Hall–Kier alpha value is -15.4. The summed E-state index contributed by atoms with van der Waals surface area (Å²) in [4.78, 5) is 19.8. The molecule has 0 aliphatic carbocycles. The van der Waals surface area contributed by atoms with Crippen molar-refractivity contribution in [3.05, 3.63) is 455 Å². The van der Waals surface area contributed by atoms with Gasteiger partial charge in [-0.05, 0) is 237 Å². The van der Waals surface area contributed by atoms with Crippen molar-refractivity contribution < 1.29 is 0 Å². The lowest BCUT2D eigenvalue weighted by Crippen LogP contribution is -2.65. The van der Waals surface area contributed by atoms with Crippen LogP contribution in [0.3, 0.4) is 0 Å². The molecule has 0 N–H and O–H groups in total. The minimum atomic E-state index is -0.147. The molecule has 0 aromatic heterocycles. The van der Waals surface area contributed by atoms with E-state index in [1.54, 1.807) is 0 Å². The van der Waals surface area contributed by atoms with Crippen molar-refractivity contribution >= 4 is 206 Å². The fourth-order valence-electron chi connectivity index (χ4n) is 19.8. The molecule has 6 aliphatic rings. The van der Waals surface area contributed by atoms with Crippen LogP contribution < -0.4 is 88.4 Å². The van der Waals surface area contributed by atoms with E-state index in [9.17, 15) is 0 Å². The van der Waals surface area contributed by atoms with E-state index in [4.69, 9.17) is 0 Å². The summed E-state index contributed by atoms with van der Waals surface area (Å²) in [5.41, 5.74) is 38.9. The molecule has 556 valence electrons. The van der Waals surface area contributed by atoms with Gasteiger partial charge in [0.15, 0.2) is 0 Å². The fourth-order valence-corrected chi connectivity index (χ4v) is 19.8. The molecule has 0 unspecified atom stereocenters. The Balaban J connectivity index is 0.000000208. The lowest BCUT2D eigenvalue weighted by atomic mass is 9.30. The van der Waals surface area contributed by atoms with Gasteiger partial charge in [0, 0.05) is 125 Å². The summed E-state index contributed by atoms with van der Waals surface area (Å²) in [6.45, 7) is -0.0972. The molecule has 6 heterocycles. The van der Waals surface area contributed by atoms with E-state index in [0.29, 0.717) is 0 Å². The van der Waals surface area contributed by atoms with Gasteiger partial charge < -0.3 is 39.2 Å². The molecular weight excluding hydrogens is 1440 g/mol. The highest BCUT2D eigenvalue weighted by Gasteiger charge is 2.50. The zero-order chi connectivity index (χ0) is 78.4. The van der Waals surface area contributed by atoms with Crippen LogP contribution in [0.25, 0.3) is 0 Å². The Labute approximate surface area is 695 Å². The van der Waals surface area contributed by atoms with Gasteiger partial charge >= 0.3 is 0 Å². The molecular formula is C108H75B3N8. The standard InChI is InChI=1S/C78H54B2N6.C30H21BN2/c1-9-29-55(30-10-1)81(56-31-11-2-12-32-56)63-49-73-77-75(51-63)85(61-41-21-7-22-42-61)71-54-72-68(53-67(71)79(77)65-45-25-27-47-69(65)83(73)59-37-17-5-18-38-59)80-66-46-26-28-48-70(66)84(60-39-19-6-20-40-60)74-50-64(52-76(78(74)80)86(72)62-43-23-8-24-44-62)82(57-33-13-3-14-34-57)58-35-15-4-16-36-58;1-3-12-22(13-4-1)32-26-18-9-7-16-24(26)31-25-17-8-10-19-27(25)33(23-14-5-2-6-15-23)29-21-11-20-28(32)30(29)31/h1-54H;1-21H. The number of hydrogen-bond acceptors (Lipinski definition) is 8. The SMILES string of the molecule is c1ccc(N(c2ccccc2)c2cc3c4c(c2)N(c2ccccc2)c2cc5c(cc2B4c2ccccc2N3c2ccccc2)B2c3ccccc3N(c3ccccc3)c3cc(N(c4ccccc4)c4ccccc4)cc(c32)N5c2ccccc2)cc1.c1ccc(N2c3ccccc3B3c4ccccc4N(c4ccccc4)c4cccc2c43)cc1. The van der Waals surface area contributed by atoms with Gasteiger partial charge in [0.2, 0.25) is 0 Å². The van der Waals surface area contributed by atoms with Gasteiger partial charge in [-0.3, -0.25) is 0 Å². The van der Waals surface area contributed by atoms with E-state index in [2.05, 4.69) is 494 Å². The molecule has 18 aromatic carbocycles. The lowest BCUT2D eigenvalue weighted by molar-refractivity contribution is 1.21. The fraction of sp³-hybridized carbons (Fsp3) is 0. The minimum absolute atomic E-state index is 0.147. The summed E-state index contributed by atoms with van der Waals surface area (Å²) in [5.74, 6) is 0. The highest BCUT2D eigenvalue weighted by Crippen LogP contribution is 2.53. The van der Waals surface area contributed by atoms with Gasteiger partial charge in [0.1, 0.15) is 0 Å². The van der Waals surface area contributed by atoms with Gasteiger partial charge in [-0.2, -0.15) is 0 Å². The molecule has 0 bridgehead atoms. The zero-order valence-corrected chi connectivity index (χ0v) is 65.1. The van der Waals surface area contributed by atoms with Gasteiger partial charge in [0.05, 0.1) is 11.4 Å². The van der Waals surface area contributed by atoms with Crippen molar-refractivity contribution in [1.82, 2.24) is 0 Å². The van der Waals surface area contributed by atoms with Crippen LogP contribution in [-0.4, -0.2) is 20.1 Å². The van der Waals surface area contributed by atoms with E-state index >= 15 is 0 Å². The summed E-state index contributed by atoms with van der Waals surface area (Å²) in [5, 5.41) is 0. The normalized spacial score (nSPS) is 13.1. The number of benzene rings is 18. The average Bonchev–Trinajstić information content (AvgIpc) is 0.684. The average molecular weight is 1520 g/mol. The number of fused-ring (bicyclic) bond motifs is 12. The molecule has 18 aromatic rings. The number of hydrogen-bond donors (Lipinski definition) is 0. The van der Waals surface area contributed by atoms with Crippen LogP contribution in [0.15, 0.2) is 455 Å². The minimum Gasteiger partial charge on any atom is -0.311 e. The Morgan fingerprint density at radius 2 is 0.328 bits per heavy atom. The molecule has 6 aliphatic heterocycles. The first-order chi connectivity index (χ1) is 59.1. The van der Waals surface area contributed by atoms with Crippen LogP contribution in [0, 0.1) is 0 Å². The maximum absolute atomic E-state index is 2.62. The highest BCUT2D eigenvalue weighted by atomic mass is 15.2. The third-order valence-electron chi connectivity index (χ3n) is 24.5. The van der Waals surface area contributed by atoms with Crippen molar-refractivity contribution in [1.29, 1.82) is 0 Å². The maximum atomic E-state index is 2.62. The second-order valence-corrected chi connectivity index (χ2v) is 31.0. The van der Waals surface area contributed by atoms with E-state index in [1.807, 2.05) is 0 Å². The number of nitrogens with zero attached hydrogens (tertiary/aromatic N) is 8. The Kier molecular flexibility index (Phi) is 16.7. The van der Waals surface area contributed by atoms with E-state index < -0.39 is 0 Å². The van der Waals surface area contributed by atoms with Gasteiger partial charge in [-0.15, -0.1) is 0 Å². The van der Waals surface area contributed by atoms with Crippen LogP contribution in [-0.2, 0) is 0 Å². The van der Waals surface area contributed by atoms with Crippen molar-refractivity contribution in [2.45, 2.75) is 0 Å². The molecule has 0 spiro atoms. The molecule has 0 amide bonds. The zero-order valence-electron chi connectivity index (χ0n) is 65.1. The second kappa shape index (κ2) is 28.8. The van der Waals surface area contributed by atoms with Crippen molar-refractivity contribution in [2.24, 2.45) is 0 Å². The Bertz CT molecular complexity index is 6380. The first-order valence-corrected chi connectivity index (χ1v) is 41.1. The lowest BCUT2D eigenvalue weighted by Gasteiger charge is -2.47. The summed E-state index contributed by atoms with van der Waals surface area (Å²) >= 11 is 0. The van der Waals surface area contributed by atoms with Gasteiger partial charge in [-0.1, -0.05) is 267 Å². The van der Waals surface area contributed by atoms with Crippen molar-refractivity contribution in [3.8, 4) is 0 Å². The molecule has 119 heavy (non-hydrogen) atoms. The van der Waals surface area contributed by atoms with E-state index in [0.717, 1.165) is 102 Å². The van der Waals surface area contributed by atoms with Gasteiger partial charge in [-0.25, -0.2) is 0 Å². The highest BCUT2D eigenvalue weighted by molar-refractivity contribution is 7.03. The summed E-state index contributed by atoms with van der Waals surface area (Å²) < 4.78 is 0. The second-order valence-electron chi connectivity index (χ2n) is 31.0. The van der Waals surface area contributed by atoms with E-state index in [1.165, 1.54) is 83.3 Å². The van der Waals surface area contributed by atoms with Crippen molar-refractivity contribution in [2.75, 3.05) is 39.2 Å². The summed E-state index contributed by atoms with van der Waals surface area (Å²) in [6.07, 6.45) is 0. The largest absolute Gasteiger partial charge is 0.311 e. The number of para-hydroxylation sites is 14. The Morgan fingerprint density at radius 3 is 0.588 bits per heavy atom. The summed E-state index contributed by atoms with van der Waals surface area (Å²) in [6, 6.07) is 166. The third kappa shape index (κ3) is 11.3. The quantitative estimate of drug-likeness (QED) is 0.112. The topological polar surface area (TPSA) is 25.9 Å². The molecule has 24 rings (SSSR count). The maximum Gasteiger partial charge on any atom is 0.252 e. The Morgan fingerprint density at radius 1 is 0.134 bits per heavy atom. The smallest absolute Gasteiger partial charge is 0.252 e. The molecule has 8 nitrogen and oxygen atoms in total. The number of rotatable bonds is 12. The molecule has 0 saturated carbocycles. The molecule has 0 radical (unpaired) electrons. The van der Waals surface area contributed by atoms with Crippen LogP contribution in [0.5, 0.6) is 0 Å². The van der Waals surface area contributed by atoms with Crippen LogP contribution in [0.4, 0.5) is 136 Å². The first-order valence-electron chi connectivity index (χ1n) is 41.1. The molecule has 0 atom stereocenters. The molecule has 11 heteroatoms. The number of anilines is 24. The first kappa shape index (κ1) is 69.1. The van der Waals surface area contributed by atoms with Crippen LogP contribution >= 0.6 is 0 Å². The van der Waals surface area contributed by atoms with E-state index in [-0.39, 0.29) is 20.1 Å². The third-order valence-corrected chi connectivity index (χ3v) is 24.5. The predicted molar refractivity (Wildman–Crippen MR) is 504 cm³/mol. The summed E-state index contributed by atoms with van der Waals surface area (Å²) in [7, 11) is 0. The molecule has 0 fully saturated rings. The molecule has 0 saturated heterocycles. The van der Waals surface area contributed by atoms with Crippen molar-refractivity contribution in [3.63, 3.8) is 0 Å². The van der Waals surface area contributed by atoms with Crippen LogP contribution in [0.2, 0.25) is 0 Å². The predicted octanol–water partition coefficient (Wildman–Crippen LogP) is 22.6. The monoisotopic (exact) mass is 1520 g/mol.